The van der Waals surface area contributed by atoms with Gasteiger partial charge in [-0.05, 0) is 46.5 Å². The maximum Gasteiger partial charge on any atom is 0.458 e. The Morgan fingerprint density at radius 3 is 1.50 bits per heavy atom. The molecule has 0 saturated carbocycles. The zero-order valence-electron chi connectivity index (χ0n) is 15.8. The lowest BCUT2D eigenvalue weighted by Crippen LogP contribution is -2.35. The van der Waals surface area contributed by atoms with E-state index in [1.807, 2.05) is 0 Å². The van der Waals surface area contributed by atoms with Gasteiger partial charge in [-0.2, -0.15) is 22.0 Å². The summed E-state index contributed by atoms with van der Waals surface area (Å²) in [6.45, 7) is -0.812. The highest BCUT2D eigenvalue weighted by molar-refractivity contribution is 5.71. The Kier molecular flexibility index (Phi) is 6.26. The summed E-state index contributed by atoms with van der Waals surface area (Å²) >= 11 is 0. The van der Waals surface area contributed by atoms with Crippen LogP contribution in [0.4, 0.5) is 43.9 Å². The minimum Gasteiger partial charge on any atom is -0.251 e. The predicted octanol–water partition coefficient (Wildman–Crippen LogP) is 7.74. The maximum absolute atomic E-state index is 14.3. The number of alkyl halides is 6. The van der Waals surface area contributed by atoms with Gasteiger partial charge in [-0.15, -0.1) is 0 Å². The summed E-state index contributed by atoms with van der Waals surface area (Å²) in [5, 5.41) is 0. The summed E-state index contributed by atoms with van der Waals surface area (Å²) < 4.78 is 133. The lowest BCUT2D eigenvalue weighted by molar-refractivity contribution is -0.291. The van der Waals surface area contributed by atoms with E-state index >= 15 is 0 Å². The number of hydrogen-bond acceptors (Lipinski definition) is 0. The van der Waals surface area contributed by atoms with Crippen LogP contribution in [0.1, 0.15) is 11.1 Å². The molecular weight excluding hydrogens is 454 g/mol. The van der Waals surface area contributed by atoms with Gasteiger partial charge < -0.3 is 0 Å². The Labute approximate surface area is 175 Å². The minimum atomic E-state index is -6.20. The summed E-state index contributed by atoms with van der Waals surface area (Å²) in [7, 11) is 0. The number of benzene rings is 3. The van der Waals surface area contributed by atoms with E-state index in [4.69, 9.17) is 0 Å². The molecule has 0 aliphatic heterocycles. The molecule has 10 heteroatoms. The second-order valence-electron chi connectivity index (χ2n) is 6.84. The number of rotatable bonds is 5. The van der Waals surface area contributed by atoms with Gasteiger partial charge in [0.25, 0.3) is 0 Å². The van der Waals surface area contributed by atoms with Gasteiger partial charge in [-0.3, -0.25) is 4.39 Å². The number of halogens is 10. The van der Waals surface area contributed by atoms with E-state index in [9.17, 15) is 43.9 Å². The third kappa shape index (κ3) is 4.31. The molecule has 0 nitrogen and oxygen atoms in total. The number of aryl methyl sites for hydroxylation is 1. The van der Waals surface area contributed by atoms with Gasteiger partial charge in [-0.1, -0.05) is 24.3 Å². The highest BCUT2D eigenvalue weighted by Gasteiger charge is 2.61. The first kappa shape index (κ1) is 23.6. The molecule has 0 aliphatic carbocycles. The molecule has 0 radical (unpaired) electrons. The predicted molar refractivity (Wildman–Crippen MR) is 96.8 cm³/mol. The SMILES string of the molecule is FCCc1cc(F)c(-c2ccc(-c3cc(F)c(C(F)(F)C(F)(F)F)c(F)c3)cc2)c(F)c1. The molecule has 0 spiro atoms. The maximum atomic E-state index is 14.3. The van der Waals surface area contributed by atoms with Crippen LogP contribution < -0.4 is 0 Å². The molecular formula is C22H12F10. The molecule has 3 aromatic rings. The smallest absolute Gasteiger partial charge is 0.251 e. The Balaban J connectivity index is 1.99. The third-order valence-corrected chi connectivity index (χ3v) is 4.70. The van der Waals surface area contributed by atoms with Crippen molar-refractivity contribution in [3.8, 4) is 22.3 Å². The van der Waals surface area contributed by atoms with Crippen molar-refractivity contribution in [2.45, 2.75) is 18.5 Å². The van der Waals surface area contributed by atoms with Crippen LogP contribution >= 0.6 is 0 Å². The van der Waals surface area contributed by atoms with Crippen LogP contribution in [0.5, 0.6) is 0 Å². The van der Waals surface area contributed by atoms with Crippen LogP contribution in [0, 0.1) is 23.3 Å². The molecule has 0 amide bonds. The lowest BCUT2D eigenvalue weighted by atomic mass is 9.96. The Morgan fingerprint density at radius 2 is 1.06 bits per heavy atom. The van der Waals surface area contributed by atoms with Crippen LogP contribution in [0.25, 0.3) is 22.3 Å². The topological polar surface area (TPSA) is 0 Å². The second kappa shape index (κ2) is 8.48. The molecule has 0 N–H and O–H groups in total. The molecule has 3 rings (SSSR count). The third-order valence-electron chi connectivity index (χ3n) is 4.70. The fourth-order valence-electron chi connectivity index (χ4n) is 3.17. The van der Waals surface area contributed by atoms with Crippen molar-refractivity contribution in [2.24, 2.45) is 0 Å². The molecule has 32 heavy (non-hydrogen) atoms. The van der Waals surface area contributed by atoms with Gasteiger partial charge in [0.15, 0.2) is 0 Å². The van der Waals surface area contributed by atoms with Gasteiger partial charge in [0.1, 0.15) is 28.8 Å². The molecule has 0 aliphatic rings. The largest absolute Gasteiger partial charge is 0.458 e. The van der Waals surface area contributed by atoms with E-state index in [2.05, 4.69) is 0 Å². The van der Waals surface area contributed by atoms with Crippen LogP contribution in [-0.4, -0.2) is 12.9 Å². The highest BCUT2D eigenvalue weighted by atomic mass is 19.4. The minimum absolute atomic E-state index is 0.0108. The molecule has 0 saturated heterocycles. The Hall–Kier alpha value is -3.04. The van der Waals surface area contributed by atoms with Gasteiger partial charge in [-0.25, -0.2) is 17.6 Å². The summed E-state index contributed by atoms with van der Waals surface area (Å²) in [6, 6.07) is 7.16. The average molecular weight is 466 g/mol. The molecule has 0 unspecified atom stereocenters. The van der Waals surface area contributed by atoms with Crippen LogP contribution in [0.3, 0.4) is 0 Å². The van der Waals surface area contributed by atoms with Crippen LogP contribution in [0.2, 0.25) is 0 Å². The highest BCUT2D eigenvalue weighted by Crippen LogP contribution is 2.46. The van der Waals surface area contributed by atoms with Gasteiger partial charge in [0.05, 0.1) is 12.2 Å². The Morgan fingerprint density at radius 1 is 0.594 bits per heavy atom. The van der Waals surface area contributed by atoms with Gasteiger partial charge in [0, 0.05) is 6.42 Å². The van der Waals surface area contributed by atoms with Crippen LogP contribution in [-0.2, 0) is 12.3 Å². The first-order valence-corrected chi connectivity index (χ1v) is 8.95. The van der Waals surface area contributed by atoms with E-state index < -0.39 is 53.2 Å². The second-order valence-corrected chi connectivity index (χ2v) is 6.84. The normalized spacial score (nSPS) is 12.3. The van der Waals surface area contributed by atoms with Crippen molar-refractivity contribution in [1.29, 1.82) is 0 Å². The summed E-state index contributed by atoms with van der Waals surface area (Å²) in [4.78, 5) is 0. The molecule has 170 valence electrons. The van der Waals surface area contributed by atoms with Crippen molar-refractivity contribution >= 4 is 0 Å². The lowest BCUT2D eigenvalue weighted by Gasteiger charge is -2.21. The van der Waals surface area contributed by atoms with Crippen LogP contribution in [0.15, 0.2) is 48.5 Å². The Bertz CT molecular complexity index is 1080. The summed E-state index contributed by atoms with van der Waals surface area (Å²) in [5.74, 6) is -11.9. The van der Waals surface area contributed by atoms with E-state index in [1.165, 1.54) is 12.1 Å². The van der Waals surface area contributed by atoms with Crippen molar-refractivity contribution in [2.75, 3.05) is 6.67 Å². The fourth-order valence-corrected chi connectivity index (χ4v) is 3.17. The molecule has 0 bridgehead atoms. The molecule has 0 heterocycles. The van der Waals surface area contributed by atoms with E-state index in [1.54, 1.807) is 0 Å². The van der Waals surface area contributed by atoms with Gasteiger partial charge >= 0.3 is 12.1 Å². The fraction of sp³-hybridized carbons (Fsp3) is 0.182. The van der Waals surface area contributed by atoms with Crippen molar-refractivity contribution < 1.29 is 43.9 Å². The van der Waals surface area contributed by atoms with E-state index in [-0.39, 0.29) is 28.7 Å². The number of hydrogen-bond donors (Lipinski definition) is 0. The van der Waals surface area contributed by atoms with Crippen molar-refractivity contribution in [1.82, 2.24) is 0 Å². The molecule has 0 fully saturated rings. The zero-order chi connectivity index (χ0) is 23.8. The molecule has 0 aromatic heterocycles. The summed E-state index contributed by atoms with van der Waals surface area (Å²) in [6.07, 6.45) is -6.39. The standard InChI is InChI=1S/C22H12F10/c23-6-5-11-7-15(24)19(16(25)8-11)13-3-1-12(2-4-13)14-9-17(26)20(18(27)10-14)21(28,29)22(30,31)32/h1-4,7-10H,5-6H2. The first-order chi connectivity index (χ1) is 14.9. The average Bonchev–Trinajstić information content (AvgIpc) is 2.66. The molecule has 3 aromatic carbocycles. The first-order valence-electron chi connectivity index (χ1n) is 8.95. The summed E-state index contributed by atoms with van der Waals surface area (Å²) in [5.41, 5.74) is -3.14. The van der Waals surface area contributed by atoms with Crippen molar-refractivity contribution in [3.05, 3.63) is 82.9 Å². The monoisotopic (exact) mass is 466 g/mol. The van der Waals surface area contributed by atoms with E-state index in [0.29, 0.717) is 12.1 Å². The molecule has 0 atom stereocenters. The van der Waals surface area contributed by atoms with E-state index in [0.717, 1.165) is 24.3 Å². The quantitative estimate of drug-likeness (QED) is 0.338. The zero-order valence-corrected chi connectivity index (χ0v) is 15.8. The van der Waals surface area contributed by atoms with Gasteiger partial charge in [0.2, 0.25) is 0 Å². The van der Waals surface area contributed by atoms with Crippen molar-refractivity contribution in [3.63, 3.8) is 0 Å².